The first-order chi connectivity index (χ1) is 9.36. The van der Waals surface area contributed by atoms with Crippen molar-refractivity contribution in [2.75, 3.05) is 30.7 Å². The highest BCUT2D eigenvalue weighted by molar-refractivity contribution is 5.65. The third-order valence-corrected chi connectivity index (χ3v) is 3.36. The van der Waals surface area contributed by atoms with Crippen molar-refractivity contribution >= 4 is 11.4 Å². The van der Waals surface area contributed by atoms with Crippen LogP contribution in [0.2, 0.25) is 0 Å². The zero-order chi connectivity index (χ0) is 14.8. The smallest absolute Gasteiger partial charge is 0.396 e. The molecule has 1 unspecified atom stereocenters. The zero-order valence-electron chi connectivity index (χ0n) is 11.4. The van der Waals surface area contributed by atoms with E-state index in [-0.39, 0.29) is 11.7 Å². The fourth-order valence-electron chi connectivity index (χ4n) is 2.41. The van der Waals surface area contributed by atoms with Gasteiger partial charge in [0.2, 0.25) is 0 Å². The maximum absolute atomic E-state index is 12.6. The van der Waals surface area contributed by atoms with Gasteiger partial charge in [0.25, 0.3) is 0 Å². The predicted octanol–water partition coefficient (Wildman–Crippen LogP) is 2.58. The number of alkyl halides is 3. The van der Waals surface area contributed by atoms with Gasteiger partial charge >= 0.3 is 6.18 Å². The summed E-state index contributed by atoms with van der Waals surface area (Å²) in [4.78, 5) is 5.61. The molecule has 1 atom stereocenters. The lowest BCUT2D eigenvalue weighted by atomic mass is 10.2. The summed E-state index contributed by atoms with van der Waals surface area (Å²) in [5.41, 5.74) is 5.27. The van der Waals surface area contributed by atoms with Gasteiger partial charge in [0, 0.05) is 12.6 Å². The SMILES string of the molecule is CC(CN1CCCC1)Nc1cc(C(F)(F)F)ncc1N. The molecule has 3 N–H and O–H groups in total. The van der Waals surface area contributed by atoms with E-state index in [2.05, 4.69) is 15.2 Å². The van der Waals surface area contributed by atoms with Crippen LogP contribution in [-0.4, -0.2) is 35.6 Å². The molecule has 0 radical (unpaired) electrons. The number of anilines is 2. The second-order valence-electron chi connectivity index (χ2n) is 5.21. The van der Waals surface area contributed by atoms with Gasteiger partial charge in [-0.05, 0) is 38.9 Å². The molecular formula is C13H19F3N4. The fourth-order valence-corrected chi connectivity index (χ4v) is 2.41. The van der Waals surface area contributed by atoms with E-state index < -0.39 is 11.9 Å². The van der Waals surface area contributed by atoms with Crippen LogP contribution in [0.3, 0.4) is 0 Å². The molecule has 1 aromatic heterocycles. The maximum atomic E-state index is 12.6. The number of rotatable bonds is 4. The molecule has 1 aromatic rings. The van der Waals surface area contributed by atoms with Gasteiger partial charge in [-0.15, -0.1) is 0 Å². The minimum Gasteiger partial charge on any atom is -0.396 e. The lowest BCUT2D eigenvalue weighted by Crippen LogP contribution is -2.33. The molecule has 1 fully saturated rings. The first-order valence-electron chi connectivity index (χ1n) is 6.68. The highest BCUT2D eigenvalue weighted by Gasteiger charge is 2.33. The molecule has 0 spiro atoms. The summed E-state index contributed by atoms with van der Waals surface area (Å²) in [6.07, 6.45) is -1.04. The van der Waals surface area contributed by atoms with Crippen LogP contribution in [-0.2, 0) is 6.18 Å². The Morgan fingerprint density at radius 3 is 2.65 bits per heavy atom. The summed E-state index contributed by atoms with van der Waals surface area (Å²) in [5.74, 6) is 0. The van der Waals surface area contributed by atoms with Crippen molar-refractivity contribution in [3.63, 3.8) is 0 Å². The molecule has 7 heteroatoms. The van der Waals surface area contributed by atoms with Crippen LogP contribution >= 0.6 is 0 Å². The minimum atomic E-state index is -4.46. The molecule has 4 nitrogen and oxygen atoms in total. The highest BCUT2D eigenvalue weighted by atomic mass is 19.4. The number of hydrogen-bond donors (Lipinski definition) is 2. The highest BCUT2D eigenvalue weighted by Crippen LogP contribution is 2.31. The van der Waals surface area contributed by atoms with Crippen LogP contribution in [0.4, 0.5) is 24.5 Å². The molecule has 0 aliphatic carbocycles. The Balaban J connectivity index is 2.03. The number of likely N-dealkylation sites (tertiary alicyclic amines) is 1. The van der Waals surface area contributed by atoms with Gasteiger partial charge in [-0.2, -0.15) is 13.2 Å². The van der Waals surface area contributed by atoms with E-state index in [0.29, 0.717) is 5.69 Å². The third kappa shape index (κ3) is 3.75. The summed E-state index contributed by atoms with van der Waals surface area (Å²) >= 11 is 0. The van der Waals surface area contributed by atoms with E-state index in [4.69, 9.17) is 5.73 Å². The number of nitrogens with one attached hydrogen (secondary N) is 1. The monoisotopic (exact) mass is 288 g/mol. The van der Waals surface area contributed by atoms with Gasteiger partial charge in [0.1, 0.15) is 5.69 Å². The first kappa shape index (κ1) is 14.9. The molecule has 2 heterocycles. The van der Waals surface area contributed by atoms with E-state index in [1.807, 2.05) is 6.92 Å². The van der Waals surface area contributed by atoms with Crippen LogP contribution in [0.15, 0.2) is 12.3 Å². The van der Waals surface area contributed by atoms with Crippen LogP contribution in [0, 0.1) is 0 Å². The van der Waals surface area contributed by atoms with Crippen LogP contribution in [0.25, 0.3) is 0 Å². The predicted molar refractivity (Wildman–Crippen MR) is 72.4 cm³/mol. The quantitative estimate of drug-likeness (QED) is 0.894. The number of hydrogen-bond acceptors (Lipinski definition) is 4. The van der Waals surface area contributed by atoms with Crippen molar-refractivity contribution in [3.05, 3.63) is 18.0 Å². The Bertz CT molecular complexity index is 455. The third-order valence-electron chi connectivity index (χ3n) is 3.36. The van der Waals surface area contributed by atoms with E-state index in [1.165, 1.54) is 12.8 Å². The standard InChI is InChI=1S/C13H19F3N4/c1-9(8-20-4-2-3-5-20)19-11-6-12(13(14,15)16)18-7-10(11)17/h6-7,9H,2-5,8,17H2,1H3,(H,18,19). The molecule has 1 aliphatic rings. The summed E-state index contributed by atoms with van der Waals surface area (Å²) < 4.78 is 37.9. The number of pyridine rings is 1. The fraction of sp³-hybridized carbons (Fsp3) is 0.615. The molecular weight excluding hydrogens is 269 g/mol. The van der Waals surface area contributed by atoms with Gasteiger partial charge in [-0.3, -0.25) is 0 Å². The molecule has 0 aromatic carbocycles. The summed E-state index contributed by atoms with van der Waals surface area (Å²) in [6.45, 7) is 4.83. The Kier molecular flexibility index (Phi) is 4.37. The van der Waals surface area contributed by atoms with Crippen molar-refractivity contribution in [2.45, 2.75) is 32.0 Å². The largest absolute Gasteiger partial charge is 0.433 e. The lowest BCUT2D eigenvalue weighted by molar-refractivity contribution is -0.141. The van der Waals surface area contributed by atoms with Crippen LogP contribution < -0.4 is 11.1 Å². The van der Waals surface area contributed by atoms with E-state index >= 15 is 0 Å². The van der Waals surface area contributed by atoms with Crippen molar-refractivity contribution in [2.24, 2.45) is 0 Å². The second-order valence-corrected chi connectivity index (χ2v) is 5.21. The topological polar surface area (TPSA) is 54.2 Å². The van der Waals surface area contributed by atoms with Gasteiger partial charge < -0.3 is 16.0 Å². The Morgan fingerprint density at radius 2 is 2.05 bits per heavy atom. The normalized spacial score (nSPS) is 18.2. The average molecular weight is 288 g/mol. The Labute approximate surface area is 116 Å². The second kappa shape index (κ2) is 5.87. The molecule has 0 amide bonds. The van der Waals surface area contributed by atoms with Crippen molar-refractivity contribution in [3.8, 4) is 0 Å². The molecule has 1 aliphatic heterocycles. The number of halogens is 3. The van der Waals surface area contributed by atoms with Crippen molar-refractivity contribution < 1.29 is 13.2 Å². The Morgan fingerprint density at radius 1 is 1.40 bits per heavy atom. The van der Waals surface area contributed by atoms with Gasteiger partial charge in [0.05, 0.1) is 17.6 Å². The summed E-state index contributed by atoms with van der Waals surface area (Å²) in [6, 6.07) is 0.995. The summed E-state index contributed by atoms with van der Waals surface area (Å²) in [7, 11) is 0. The molecule has 2 rings (SSSR count). The van der Waals surface area contributed by atoms with E-state index in [9.17, 15) is 13.2 Å². The number of nitrogens with two attached hydrogens (primary N) is 1. The van der Waals surface area contributed by atoms with Crippen molar-refractivity contribution in [1.82, 2.24) is 9.88 Å². The van der Waals surface area contributed by atoms with E-state index in [0.717, 1.165) is 31.9 Å². The lowest BCUT2D eigenvalue weighted by Gasteiger charge is -2.23. The molecule has 0 bridgehead atoms. The maximum Gasteiger partial charge on any atom is 0.433 e. The minimum absolute atomic E-state index is 0.0267. The van der Waals surface area contributed by atoms with Crippen LogP contribution in [0.1, 0.15) is 25.5 Å². The zero-order valence-corrected chi connectivity index (χ0v) is 11.4. The number of nitrogens with zero attached hydrogens (tertiary/aromatic N) is 2. The number of aromatic nitrogens is 1. The molecule has 1 saturated heterocycles. The number of nitrogen functional groups attached to an aromatic ring is 1. The first-order valence-corrected chi connectivity index (χ1v) is 6.68. The average Bonchev–Trinajstić information content (AvgIpc) is 2.83. The van der Waals surface area contributed by atoms with Gasteiger partial charge in [-0.1, -0.05) is 0 Å². The molecule has 112 valence electrons. The van der Waals surface area contributed by atoms with Crippen LogP contribution in [0.5, 0.6) is 0 Å². The van der Waals surface area contributed by atoms with Gasteiger partial charge in [0.15, 0.2) is 0 Å². The molecule has 0 saturated carbocycles. The molecule has 20 heavy (non-hydrogen) atoms. The van der Waals surface area contributed by atoms with Gasteiger partial charge in [-0.25, -0.2) is 4.98 Å². The summed E-state index contributed by atoms with van der Waals surface area (Å²) in [5, 5.41) is 3.04. The van der Waals surface area contributed by atoms with Crippen molar-refractivity contribution in [1.29, 1.82) is 0 Å². The van der Waals surface area contributed by atoms with E-state index in [1.54, 1.807) is 0 Å². The Hall–Kier alpha value is -1.50.